The number of rotatable bonds is 3. The Bertz CT molecular complexity index is 573. The molecule has 1 saturated carbocycles. The van der Waals surface area contributed by atoms with Gasteiger partial charge >= 0.3 is 0 Å². The van der Waals surface area contributed by atoms with Gasteiger partial charge in [-0.2, -0.15) is 0 Å². The lowest BCUT2D eigenvalue weighted by Gasteiger charge is -2.13. The first-order chi connectivity index (χ1) is 8.72. The van der Waals surface area contributed by atoms with E-state index in [9.17, 15) is 4.79 Å². The van der Waals surface area contributed by atoms with E-state index in [1.165, 1.54) is 0 Å². The van der Waals surface area contributed by atoms with Crippen LogP contribution in [0.3, 0.4) is 0 Å². The van der Waals surface area contributed by atoms with Gasteiger partial charge in [0, 0.05) is 16.8 Å². The van der Waals surface area contributed by atoms with E-state index in [2.05, 4.69) is 4.98 Å². The number of carbonyl (C=O) groups excluding carboxylic acids is 1. The zero-order valence-corrected chi connectivity index (χ0v) is 10.5. The molecular weight excluding hydrogens is 246 g/mol. The van der Waals surface area contributed by atoms with Gasteiger partial charge in [-0.1, -0.05) is 17.7 Å². The molecule has 1 fully saturated rings. The van der Waals surface area contributed by atoms with Crippen molar-refractivity contribution in [3.05, 3.63) is 64.9 Å². The zero-order valence-electron chi connectivity index (χ0n) is 9.77. The van der Waals surface area contributed by atoms with E-state index < -0.39 is 5.41 Å². The van der Waals surface area contributed by atoms with Gasteiger partial charge in [0.05, 0.1) is 11.1 Å². The van der Waals surface area contributed by atoms with E-state index in [0.29, 0.717) is 10.6 Å². The van der Waals surface area contributed by atoms with Crippen LogP contribution >= 0.6 is 11.6 Å². The molecule has 1 aromatic heterocycles. The van der Waals surface area contributed by atoms with Crippen LogP contribution in [0.5, 0.6) is 0 Å². The molecule has 2 aromatic rings. The molecule has 0 radical (unpaired) electrons. The zero-order chi connectivity index (χ0) is 12.6. The van der Waals surface area contributed by atoms with Crippen molar-refractivity contribution in [2.75, 3.05) is 0 Å². The molecule has 0 saturated heterocycles. The molecule has 0 bridgehead atoms. The largest absolute Gasteiger partial charge is 0.293 e. The van der Waals surface area contributed by atoms with E-state index in [1.54, 1.807) is 30.5 Å². The maximum Gasteiger partial charge on any atom is 0.174 e. The highest BCUT2D eigenvalue weighted by Gasteiger charge is 2.52. The molecule has 0 atom stereocenters. The molecule has 0 aliphatic heterocycles. The summed E-state index contributed by atoms with van der Waals surface area (Å²) >= 11 is 5.84. The third kappa shape index (κ3) is 1.83. The van der Waals surface area contributed by atoms with Gasteiger partial charge < -0.3 is 0 Å². The molecule has 0 spiro atoms. The van der Waals surface area contributed by atoms with Crippen molar-refractivity contribution in [3.8, 4) is 0 Å². The Morgan fingerprint density at radius 1 is 1.11 bits per heavy atom. The smallest absolute Gasteiger partial charge is 0.174 e. The first-order valence-electron chi connectivity index (χ1n) is 5.94. The Balaban J connectivity index is 1.96. The summed E-state index contributed by atoms with van der Waals surface area (Å²) in [6.45, 7) is 0. The first-order valence-corrected chi connectivity index (χ1v) is 6.32. The molecule has 3 rings (SSSR count). The lowest BCUT2D eigenvalue weighted by atomic mass is 9.91. The molecule has 18 heavy (non-hydrogen) atoms. The van der Waals surface area contributed by atoms with Crippen molar-refractivity contribution in [2.45, 2.75) is 18.3 Å². The minimum absolute atomic E-state index is 0.151. The highest BCUT2D eigenvalue weighted by Crippen LogP contribution is 2.49. The quantitative estimate of drug-likeness (QED) is 0.786. The fourth-order valence-electron chi connectivity index (χ4n) is 2.25. The van der Waals surface area contributed by atoms with E-state index in [4.69, 9.17) is 11.6 Å². The SMILES string of the molecule is O=C(c1ccc(Cl)cc1)C1(c2ccccn2)CC1. The van der Waals surface area contributed by atoms with Crippen LogP contribution in [-0.2, 0) is 5.41 Å². The van der Waals surface area contributed by atoms with Gasteiger partial charge in [-0.3, -0.25) is 9.78 Å². The average Bonchev–Trinajstić information content (AvgIpc) is 3.21. The van der Waals surface area contributed by atoms with Crippen molar-refractivity contribution >= 4 is 17.4 Å². The second-order valence-corrected chi connectivity index (χ2v) is 5.07. The number of hydrogen-bond acceptors (Lipinski definition) is 2. The fourth-order valence-corrected chi connectivity index (χ4v) is 2.37. The molecule has 2 nitrogen and oxygen atoms in total. The minimum Gasteiger partial charge on any atom is -0.293 e. The van der Waals surface area contributed by atoms with Crippen LogP contribution in [0, 0.1) is 0 Å². The second kappa shape index (κ2) is 4.21. The molecule has 1 aliphatic carbocycles. The van der Waals surface area contributed by atoms with Gasteiger partial charge in [-0.05, 0) is 49.2 Å². The number of benzene rings is 1. The Morgan fingerprint density at radius 3 is 2.39 bits per heavy atom. The summed E-state index contributed by atoms with van der Waals surface area (Å²) < 4.78 is 0. The predicted octanol–water partition coefficient (Wildman–Crippen LogP) is 3.65. The number of nitrogens with zero attached hydrogens (tertiary/aromatic N) is 1. The summed E-state index contributed by atoms with van der Waals surface area (Å²) in [6, 6.07) is 12.8. The summed E-state index contributed by atoms with van der Waals surface area (Å²) in [4.78, 5) is 16.9. The number of carbonyl (C=O) groups is 1. The lowest BCUT2D eigenvalue weighted by molar-refractivity contribution is 0.0944. The highest BCUT2D eigenvalue weighted by atomic mass is 35.5. The number of aromatic nitrogens is 1. The van der Waals surface area contributed by atoms with Crippen LogP contribution in [0.2, 0.25) is 5.02 Å². The van der Waals surface area contributed by atoms with E-state index in [-0.39, 0.29) is 5.78 Å². The van der Waals surface area contributed by atoms with E-state index >= 15 is 0 Å². The normalized spacial score (nSPS) is 16.3. The van der Waals surface area contributed by atoms with Crippen LogP contribution < -0.4 is 0 Å². The maximum atomic E-state index is 12.6. The third-order valence-corrected chi connectivity index (χ3v) is 3.70. The topological polar surface area (TPSA) is 30.0 Å². The molecule has 0 N–H and O–H groups in total. The monoisotopic (exact) mass is 257 g/mol. The number of halogens is 1. The van der Waals surface area contributed by atoms with Crippen molar-refractivity contribution in [1.82, 2.24) is 4.98 Å². The highest BCUT2D eigenvalue weighted by molar-refractivity contribution is 6.30. The Morgan fingerprint density at radius 2 is 1.83 bits per heavy atom. The van der Waals surface area contributed by atoms with Crippen LogP contribution in [0.25, 0.3) is 0 Å². The number of Topliss-reactive ketones (excluding diaryl/α,β-unsaturated/α-hetero) is 1. The minimum atomic E-state index is -0.394. The number of pyridine rings is 1. The summed E-state index contributed by atoms with van der Waals surface area (Å²) in [7, 11) is 0. The van der Waals surface area contributed by atoms with E-state index in [1.807, 2.05) is 18.2 Å². The van der Waals surface area contributed by atoms with Gasteiger partial charge in [0.2, 0.25) is 0 Å². The number of hydrogen-bond donors (Lipinski definition) is 0. The average molecular weight is 258 g/mol. The summed E-state index contributed by atoms with van der Waals surface area (Å²) in [6.07, 6.45) is 3.50. The van der Waals surface area contributed by atoms with Gasteiger partial charge in [0.25, 0.3) is 0 Å². The van der Waals surface area contributed by atoms with Gasteiger partial charge in [-0.15, -0.1) is 0 Å². The van der Waals surface area contributed by atoms with Crippen molar-refractivity contribution in [2.24, 2.45) is 0 Å². The predicted molar refractivity (Wildman–Crippen MR) is 70.9 cm³/mol. The summed E-state index contributed by atoms with van der Waals surface area (Å²) in [5, 5.41) is 0.647. The molecule has 0 amide bonds. The molecule has 3 heteroatoms. The molecule has 1 aliphatic rings. The fraction of sp³-hybridized carbons (Fsp3) is 0.200. The Kier molecular flexibility index (Phi) is 2.67. The van der Waals surface area contributed by atoms with Crippen molar-refractivity contribution < 1.29 is 4.79 Å². The summed E-state index contributed by atoms with van der Waals surface area (Å²) in [5.41, 5.74) is 1.20. The van der Waals surface area contributed by atoms with Gasteiger partial charge in [-0.25, -0.2) is 0 Å². The number of ketones is 1. The standard InChI is InChI=1S/C15H12ClNO/c16-12-6-4-11(5-7-12)14(18)15(8-9-15)13-3-1-2-10-17-13/h1-7,10H,8-9H2. The Hall–Kier alpha value is -1.67. The van der Waals surface area contributed by atoms with Crippen LogP contribution in [0.1, 0.15) is 28.9 Å². The summed E-state index contributed by atoms with van der Waals surface area (Å²) in [5.74, 6) is 0.151. The lowest BCUT2D eigenvalue weighted by Crippen LogP contribution is -2.21. The molecule has 90 valence electrons. The molecular formula is C15H12ClNO. The third-order valence-electron chi connectivity index (χ3n) is 3.45. The molecule has 1 heterocycles. The van der Waals surface area contributed by atoms with Gasteiger partial charge in [0.15, 0.2) is 5.78 Å². The van der Waals surface area contributed by atoms with Crippen LogP contribution in [0.15, 0.2) is 48.7 Å². The second-order valence-electron chi connectivity index (χ2n) is 4.63. The van der Waals surface area contributed by atoms with Gasteiger partial charge in [0.1, 0.15) is 0 Å². The maximum absolute atomic E-state index is 12.6. The first kappa shape index (κ1) is 11.4. The van der Waals surface area contributed by atoms with Crippen molar-refractivity contribution in [1.29, 1.82) is 0 Å². The molecule has 0 unspecified atom stereocenters. The van der Waals surface area contributed by atoms with Crippen molar-refractivity contribution in [3.63, 3.8) is 0 Å². The van der Waals surface area contributed by atoms with Crippen LogP contribution in [0.4, 0.5) is 0 Å². The Labute approximate surface area is 111 Å². The molecule has 1 aromatic carbocycles. The van der Waals surface area contributed by atoms with Crippen LogP contribution in [-0.4, -0.2) is 10.8 Å². The van der Waals surface area contributed by atoms with E-state index in [0.717, 1.165) is 18.5 Å².